The van der Waals surface area contributed by atoms with Gasteiger partial charge in [0.25, 0.3) is 0 Å². The van der Waals surface area contributed by atoms with E-state index in [-0.39, 0.29) is 0 Å². The van der Waals surface area contributed by atoms with Gasteiger partial charge < -0.3 is 9.80 Å². The van der Waals surface area contributed by atoms with E-state index >= 15 is 0 Å². The highest BCUT2D eigenvalue weighted by atomic mass is 15.3. The molecule has 0 saturated carbocycles. The van der Waals surface area contributed by atoms with E-state index in [1.54, 1.807) is 0 Å². The van der Waals surface area contributed by atoms with Crippen molar-refractivity contribution in [2.24, 2.45) is 0 Å². The maximum atomic E-state index is 2.46. The minimum absolute atomic E-state index is 0.765. The van der Waals surface area contributed by atoms with Crippen LogP contribution in [-0.2, 0) is 25.7 Å². The third-order valence-electron chi connectivity index (χ3n) is 8.66. The van der Waals surface area contributed by atoms with Crippen LogP contribution in [0.15, 0.2) is 170 Å². The maximum absolute atomic E-state index is 2.46. The Kier molecular flexibility index (Phi) is 8.55. The molecule has 0 spiro atoms. The van der Waals surface area contributed by atoms with Gasteiger partial charge in [0, 0.05) is 23.8 Å². The van der Waals surface area contributed by atoms with Gasteiger partial charge in [-0.25, -0.2) is 0 Å². The lowest BCUT2D eigenvalue weighted by Crippen LogP contribution is -2.28. The summed E-state index contributed by atoms with van der Waals surface area (Å²) in [5.74, 6) is 0. The van der Waals surface area contributed by atoms with Crippen LogP contribution in [0, 0.1) is 0 Å². The van der Waals surface area contributed by atoms with Crippen LogP contribution in [0.25, 0.3) is 0 Å². The van der Waals surface area contributed by atoms with E-state index in [0.29, 0.717) is 0 Å². The number of anilines is 2. The minimum atomic E-state index is 0.765. The van der Waals surface area contributed by atoms with Gasteiger partial charge in [0.15, 0.2) is 0 Å². The van der Waals surface area contributed by atoms with Gasteiger partial charge in [-0.2, -0.15) is 0 Å². The maximum Gasteiger partial charge on any atom is 0.0989 e. The predicted octanol–water partition coefficient (Wildman–Crippen LogP) is 9.81. The first-order valence-electron chi connectivity index (χ1n) is 15.9. The Labute approximate surface area is 267 Å². The Morgan fingerprint density at radius 3 is 0.844 bits per heavy atom. The lowest BCUT2D eigenvalue weighted by molar-refractivity contribution is 0.934. The third-order valence-corrected chi connectivity index (χ3v) is 8.66. The molecule has 0 bridgehead atoms. The summed E-state index contributed by atoms with van der Waals surface area (Å²) in [6.07, 6.45) is 8.15. The molecule has 0 unspecified atom stereocenters. The van der Waals surface area contributed by atoms with Crippen LogP contribution >= 0.6 is 0 Å². The van der Waals surface area contributed by atoms with Crippen molar-refractivity contribution < 1.29 is 0 Å². The molecular formula is C43H38N2. The van der Waals surface area contributed by atoms with E-state index in [4.69, 9.17) is 0 Å². The molecule has 0 amide bonds. The Hall–Kier alpha value is -5.34. The smallest absolute Gasteiger partial charge is 0.0989 e. The first-order valence-corrected chi connectivity index (χ1v) is 15.9. The second-order valence-corrected chi connectivity index (χ2v) is 11.9. The lowest BCUT2D eigenvalue weighted by atomic mass is 9.95. The summed E-state index contributed by atoms with van der Waals surface area (Å²) >= 11 is 0. The minimum Gasteiger partial charge on any atom is -0.327 e. The van der Waals surface area contributed by atoms with Gasteiger partial charge in [-0.15, -0.1) is 0 Å². The highest BCUT2D eigenvalue weighted by molar-refractivity contribution is 5.70. The van der Waals surface area contributed by atoms with E-state index < -0.39 is 0 Å². The van der Waals surface area contributed by atoms with E-state index in [0.717, 1.165) is 32.4 Å². The van der Waals surface area contributed by atoms with Gasteiger partial charge in [-0.1, -0.05) is 158 Å². The quantitative estimate of drug-likeness (QED) is 0.159. The van der Waals surface area contributed by atoms with Crippen LogP contribution in [-0.4, -0.2) is 6.67 Å². The molecule has 1 aliphatic heterocycles. The number of para-hydroxylation sites is 2. The Bertz CT molecular complexity index is 1600. The fourth-order valence-electron chi connectivity index (χ4n) is 6.57. The summed E-state index contributed by atoms with van der Waals surface area (Å²) in [7, 11) is 0. The molecule has 0 aromatic heterocycles. The van der Waals surface area contributed by atoms with Crippen molar-refractivity contribution in [1.29, 1.82) is 0 Å². The van der Waals surface area contributed by atoms with Crippen LogP contribution in [0.1, 0.15) is 44.5 Å². The number of hydrogen-bond donors (Lipinski definition) is 0. The van der Waals surface area contributed by atoms with E-state index in [1.807, 2.05) is 0 Å². The normalized spacial score (nSPS) is 12.5. The first kappa shape index (κ1) is 28.4. The average Bonchev–Trinajstić information content (AvgIpc) is 3.56. The zero-order chi connectivity index (χ0) is 30.3. The predicted molar refractivity (Wildman–Crippen MR) is 189 cm³/mol. The van der Waals surface area contributed by atoms with Gasteiger partial charge in [-0.3, -0.25) is 0 Å². The molecule has 0 fully saturated rings. The van der Waals surface area contributed by atoms with Crippen molar-refractivity contribution in [2.75, 3.05) is 16.5 Å². The molecule has 220 valence electrons. The van der Waals surface area contributed by atoms with Gasteiger partial charge >= 0.3 is 0 Å². The van der Waals surface area contributed by atoms with Crippen LogP contribution in [0.4, 0.5) is 11.4 Å². The standard InChI is InChI=1S/C43H38N2/c1-5-15-34(16-6-1)29-38-23-13-24-39(30-35-17-7-2-8-18-35)42(38)44-27-28-45(33-44)43-40(31-36-19-9-3-10-20-36)25-14-26-41(43)32-37-21-11-4-12-22-37/h1-28H,29-33H2. The van der Waals surface area contributed by atoms with Gasteiger partial charge in [0.1, 0.15) is 0 Å². The second-order valence-electron chi connectivity index (χ2n) is 11.9. The molecule has 45 heavy (non-hydrogen) atoms. The Morgan fingerprint density at radius 1 is 0.311 bits per heavy atom. The van der Waals surface area contributed by atoms with Crippen molar-refractivity contribution in [3.05, 3.63) is 215 Å². The molecule has 0 N–H and O–H groups in total. The largest absolute Gasteiger partial charge is 0.327 e. The molecule has 2 heteroatoms. The number of benzene rings is 6. The first-order chi connectivity index (χ1) is 22.3. The molecule has 0 saturated heterocycles. The summed E-state index contributed by atoms with van der Waals surface area (Å²) < 4.78 is 0. The number of hydrogen-bond acceptors (Lipinski definition) is 2. The Morgan fingerprint density at radius 2 is 0.578 bits per heavy atom. The summed E-state index contributed by atoms with van der Waals surface area (Å²) in [5.41, 5.74) is 13.3. The van der Waals surface area contributed by atoms with E-state index in [1.165, 1.54) is 55.9 Å². The van der Waals surface area contributed by atoms with Crippen LogP contribution < -0.4 is 9.80 Å². The van der Waals surface area contributed by atoms with Crippen molar-refractivity contribution in [2.45, 2.75) is 25.7 Å². The molecule has 1 aliphatic rings. The summed E-state index contributed by atoms with van der Waals surface area (Å²) in [5, 5.41) is 0. The van der Waals surface area contributed by atoms with Gasteiger partial charge in [-0.05, 0) is 70.2 Å². The average molecular weight is 583 g/mol. The molecule has 1 heterocycles. The third kappa shape index (κ3) is 6.76. The van der Waals surface area contributed by atoms with Crippen molar-refractivity contribution in [3.8, 4) is 0 Å². The zero-order valence-corrected chi connectivity index (χ0v) is 25.6. The monoisotopic (exact) mass is 582 g/mol. The second kappa shape index (κ2) is 13.5. The lowest BCUT2D eigenvalue weighted by Gasteiger charge is -2.29. The van der Waals surface area contributed by atoms with Crippen molar-refractivity contribution >= 4 is 11.4 Å². The fourth-order valence-corrected chi connectivity index (χ4v) is 6.57. The topological polar surface area (TPSA) is 6.48 Å². The highest BCUT2D eigenvalue weighted by Crippen LogP contribution is 2.36. The molecule has 6 aromatic carbocycles. The highest BCUT2D eigenvalue weighted by Gasteiger charge is 2.24. The zero-order valence-electron chi connectivity index (χ0n) is 25.6. The summed E-state index contributed by atoms with van der Waals surface area (Å²) in [4.78, 5) is 4.92. The van der Waals surface area contributed by atoms with Crippen molar-refractivity contribution in [1.82, 2.24) is 0 Å². The van der Waals surface area contributed by atoms with Crippen LogP contribution in [0.5, 0.6) is 0 Å². The van der Waals surface area contributed by atoms with Gasteiger partial charge in [0.2, 0.25) is 0 Å². The SMILES string of the molecule is C1=CN(c2c(Cc3ccccc3)cccc2Cc2ccccc2)CN1c1c(Cc2ccccc2)cccc1Cc1ccccc1. The Balaban J connectivity index is 1.26. The van der Waals surface area contributed by atoms with Gasteiger partial charge in [0.05, 0.1) is 6.67 Å². The van der Waals surface area contributed by atoms with Crippen LogP contribution in [0.2, 0.25) is 0 Å². The summed E-state index contributed by atoms with van der Waals surface area (Å²) in [6, 6.07) is 57.0. The molecule has 6 aromatic rings. The van der Waals surface area contributed by atoms with E-state index in [2.05, 4.69) is 180 Å². The van der Waals surface area contributed by atoms with Crippen molar-refractivity contribution in [3.63, 3.8) is 0 Å². The summed E-state index contributed by atoms with van der Waals surface area (Å²) in [6.45, 7) is 0.765. The molecule has 7 rings (SSSR count). The molecular weight excluding hydrogens is 544 g/mol. The number of nitrogens with zero attached hydrogens (tertiary/aromatic N) is 2. The fraction of sp³-hybridized carbons (Fsp3) is 0.116. The van der Waals surface area contributed by atoms with Crippen LogP contribution in [0.3, 0.4) is 0 Å². The van der Waals surface area contributed by atoms with E-state index in [9.17, 15) is 0 Å². The molecule has 2 nitrogen and oxygen atoms in total. The number of rotatable bonds is 10. The molecule has 0 aliphatic carbocycles. The molecule has 0 atom stereocenters. The molecule has 0 radical (unpaired) electrons.